The Labute approximate surface area is 213 Å². The average Bonchev–Trinajstić information content (AvgIpc) is 3.40. The fourth-order valence-electron chi connectivity index (χ4n) is 4.70. The maximum absolute atomic E-state index is 13.0. The molecule has 9 nitrogen and oxygen atoms in total. The van der Waals surface area contributed by atoms with Crippen LogP contribution in [0.2, 0.25) is 0 Å². The maximum atomic E-state index is 13.0. The van der Waals surface area contributed by atoms with Crippen LogP contribution in [-0.4, -0.2) is 21.7 Å². The molecule has 0 radical (unpaired) electrons. The van der Waals surface area contributed by atoms with Gasteiger partial charge in [0.05, 0.1) is 37.6 Å². The van der Waals surface area contributed by atoms with Gasteiger partial charge >= 0.3 is 0 Å². The van der Waals surface area contributed by atoms with Crippen molar-refractivity contribution in [3.05, 3.63) is 57.6 Å². The van der Waals surface area contributed by atoms with E-state index in [0.717, 1.165) is 42.1 Å². The zero-order chi connectivity index (χ0) is 25.4. The zero-order valence-corrected chi connectivity index (χ0v) is 20.3. The summed E-state index contributed by atoms with van der Waals surface area (Å²) in [5.74, 6) is -0.733. The van der Waals surface area contributed by atoms with E-state index in [2.05, 4.69) is 4.98 Å². The van der Waals surface area contributed by atoms with Crippen LogP contribution in [0.4, 0.5) is 11.4 Å². The average molecular weight is 516 g/mol. The van der Waals surface area contributed by atoms with Gasteiger partial charge in [-0.05, 0) is 48.7 Å². The summed E-state index contributed by atoms with van der Waals surface area (Å²) < 4.78 is 1.33. The SMILES string of the molecule is N#CC(C#N)=Cc1ccc(Sc2nc3ccc(N4C(=O)[C@H]5CCCC[C@H]5C4=O)cc3s2)c([N+](=O)[O-])c1. The molecule has 2 heterocycles. The number of nitro groups is 1. The predicted octanol–water partition coefficient (Wildman–Crippen LogP) is 5.47. The van der Waals surface area contributed by atoms with Crippen molar-refractivity contribution < 1.29 is 14.5 Å². The van der Waals surface area contributed by atoms with Crippen LogP contribution in [0.3, 0.4) is 0 Å². The molecule has 2 aliphatic rings. The van der Waals surface area contributed by atoms with E-state index in [0.29, 0.717) is 26.0 Å². The van der Waals surface area contributed by atoms with Crippen molar-refractivity contribution in [1.29, 1.82) is 10.5 Å². The number of benzene rings is 2. The first kappa shape index (κ1) is 23.7. The number of rotatable bonds is 5. The van der Waals surface area contributed by atoms with Crippen molar-refractivity contribution >= 4 is 62.6 Å². The Morgan fingerprint density at radius 3 is 2.44 bits per heavy atom. The van der Waals surface area contributed by atoms with Gasteiger partial charge in [0, 0.05) is 6.07 Å². The van der Waals surface area contributed by atoms with E-state index in [1.54, 1.807) is 42.5 Å². The molecule has 178 valence electrons. The molecule has 3 aromatic rings. The van der Waals surface area contributed by atoms with Gasteiger partial charge in [0.2, 0.25) is 11.8 Å². The fraction of sp³-hybridized carbons (Fsp3) is 0.240. The van der Waals surface area contributed by atoms with Crippen molar-refractivity contribution in [2.75, 3.05) is 4.90 Å². The lowest BCUT2D eigenvalue weighted by Gasteiger charge is -2.19. The number of imide groups is 1. The Kier molecular flexibility index (Phi) is 6.27. The maximum Gasteiger partial charge on any atom is 0.283 e. The van der Waals surface area contributed by atoms with Gasteiger partial charge in [0.15, 0.2) is 4.34 Å². The number of allylic oxidation sites excluding steroid dienone is 1. The highest BCUT2D eigenvalue weighted by Gasteiger charge is 2.48. The number of thiazole rings is 1. The molecule has 0 spiro atoms. The normalized spacial score (nSPS) is 19.0. The summed E-state index contributed by atoms with van der Waals surface area (Å²) in [6, 6.07) is 13.2. The van der Waals surface area contributed by atoms with Crippen molar-refractivity contribution in [3.63, 3.8) is 0 Å². The highest BCUT2D eigenvalue weighted by Crippen LogP contribution is 2.43. The van der Waals surface area contributed by atoms with Crippen LogP contribution in [0.15, 0.2) is 51.2 Å². The van der Waals surface area contributed by atoms with Gasteiger partial charge in [-0.25, -0.2) is 4.98 Å². The molecule has 1 aliphatic heterocycles. The third-order valence-electron chi connectivity index (χ3n) is 6.38. The Bertz CT molecular complexity index is 1510. The van der Waals surface area contributed by atoms with Gasteiger partial charge in [0.25, 0.3) is 5.69 Å². The summed E-state index contributed by atoms with van der Waals surface area (Å²) in [7, 11) is 0. The molecule has 1 aliphatic carbocycles. The second-order valence-corrected chi connectivity index (χ2v) is 10.8. The second-order valence-electron chi connectivity index (χ2n) is 8.51. The van der Waals surface area contributed by atoms with E-state index in [1.165, 1.54) is 28.4 Å². The van der Waals surface area contributed by atoms with Crippen molar-refractivity contribution in [3.8, 4) is 12.1 Å². The number of fused-ring (bicyclic) bond motifs is 2. The topological polar surface area (TPSA) is 141 Å². The minimum absolute atomic E-state index is 0.135. The first-order valence-corrected chi connectivity index (χ1v) is 12.8. The summed E-state index contributed by atoms with van der Waals surface area (Å²) in [5.41, 5.74) is 1.25. The number of amides is 2. The first-order valence-electron chi connectivity index (χ1n) is 11.2. The highest BCUT2D eigenvalue weighted by atomic mass is 32.2. The number of nitrogens with zero attached hydrogens (tertiary/aromatic N) is 5. The molecular weight excluding hydrogens is 498 g/mol. The third kappa shape index (κ3) is 4.24. The monoisotopic (exact) mass is 515 g/mol. The summed E-state index contributed by atoms with van der Waals surface area (Å²) in [6.45, 7) is 0. The molecule has 0 unspecified atom stereocenters. The summed E-state index contributed by atoms with van der Waals surface area (Å²) in [4.78, 5) is 43.3. The van der Waals surface area contributed by atoms with Gasteiger partial charge in [-0.1, -0.05) is 30.7 Å². The standard InChI is InChI=1S/C25H17N5O4S2/c26-12-15(13-27)9-14-5-8-21(20(10-14)30(33)34)35-25-28-19-7-6-16(11-22(19)36-25)29-23(31)17-3-1-2-4-18(17)24(29)32/h5-11,17-18H,1-4H2/t17-,18+. The Morgan fingerprint density at radius 2 is 1.81 bits per heavy atom. The number of hydrogen-bond acceptors (Lipinski definition) is 9. The Balaban J connectivity index is 1.44. The lowest BCUT2D eigenvalue weighted by atomic mass is 9.81. The largest absolute Gasteiger partial charge is 0.283 e. The summed E-state index contributed by atoms with van der Waals surface area (Å²) >= 11 is 2.45. The molecule has 1 saturated carbocycles. The van der Waals surface area contributed by atoms with Gasteiger partial charge < -0.3 is 0 Å². The van der Waals surface area contributed by atoms with Gasteiger partial charge in [-0.3, -0.25) is 24.6 Å². The number of hydrogen-bond donors (Lipinski definition) is 0. The van der Waals surface area contributed by atoms with Crippen molar-refractivity contribution in [2.45, 2.75) is 34.9 Å². The minimum Gasteiger partial charge on any atom is -0.274 e. The van der Waals surface area contributed by atoms with Crippen LogP contribution in [0.5, 0.6) is 0 Å². The van der Waals surface area contributed by atoms with Gasteiger partial charge in [0.1, 0.15) is 17.7 Å². The van der Waals surface area contributed by atoms with E-state index >= 15 is 0 Å². The van der Waals surface area contributed by atoms with E-state index in [1.807, 2.05) is 0 Å². The van der Waals surface area contributed by atoms with Crippen LogP contribution >= 0.6 is 23.1 Å². The molecule has 5 rings (SSSR count). The number of nitriles is 2. The molecule has 0 bridgehead atoms. The lowest BCUT2D eigenvalue weighted by molar-refractivity contribution is -0.387. The molecule has 2 atom stereocenters. The number of aromatic nitrogens is 1. The number of carbonyl (C=O) groups excluding carboxylic acids is 2. The zero-order valence-electron chi connectivity index (χ0n) is 18.7. The summed E-state index contributed by atoms with van der Waals surface area (Å²) in [5, 5.41) is 29.5. The number of anilines is 1. The second kappa shape index (κ2) is 9.53. The van der Waals surface area contributed by atoms with Gasteiger partial charge in [-0.2, -0.15) is 10.5 Å². The molecule has 11 heteroatoms. The van der Waals surface area contributed by atoms with Crippen LogP contribution in [0.1, 0.15) is 31.2 Å². The van der Waals surface area contributed by atoms with Crippen molar-refractivity contribution in [2.24, 2.45) is 11.8 Å². The van der Waals surface area contributed by atoms with Gasteiger partial charge in [-0.15, -0.1) is 11.3 Å². The fourth-order valence-corrected chi connectivity index (χ4v) is 6.84. The Morgan fingerprint density at radius 1 is 1.11 bits per heavy atom. The highest BCUT2D eigenvalue weighted by molar-refractivity contribution is 8.01. The number of nitro benzene ring substituents is 1. The molecule has 1 saturated heterocycles. The van der Waals surface area contributed by atoms with Crippen LogP contribution in [0, 0.1) is 44.6 Å². The van der Waals surface area contributed by atoms with Crippen LogP contribution < -0.4 is 4.90 Å². The van der Waals surface area contributed by atoms with Crippen molar-refractivity contribution in [1.82, 2.24) is 4.98 Å². The van der Waals surface area contributed by atoms with Crippen LogP contribution in [0.25, 0.3) is 16.3 Å². The molecule has 2 fully saturated rings. The van der Waals surface area contributed by atoms with E-state index < -0.39 is 4.92 Å². The molecular formula is C25H17N5O4S2. The van der Waals surface area contributed by atoms with Crippen LogP contribution in [-0.2, 0) is 9.59 Å². The smallest absolute Gasteiger partial charge is 0.274 e. The third-order valence-corrected chi connectivity index (χ3v) is 8.52. The predicted molar refractivity (Wildman–Crippen MR) is 134 cm³/mol. The molecule has 36 heavy (non-hydrogen) atoms. The quantitative estimate of drug-likeness (QED) is 0.189. The van der Waals surface area contributed by atoms with E-state index in [-0.39, 0.29) is 34.9 Å². The molecule has 1 aromatic heterocycles. The van der Waals surface area contributed by atoms with E-state index in [4.69, 9.17) is 10.5 Å². The molecule has 2 amide bonds. The first-order chi connectivity index (χ1) is 17.4. The Hall–Kier alpha value is -4.06. The summed E-state index contributed by atoms with van der Waals surface area (Å²) in [6.07, 6.45) is 4.71. The molecule has 2 aromatic carbocycles. The van der Waals surface area contributed by atoms with E-state index in [9.17, 15) is 19.7 Å². The molecule has 0 N–H and O–H groups in total. The lowest BCUT2D eigenvalue weighted by Crippen LogP contribution is -2.30. The minimum atomic E-state index is -0.520. The number of carbonyl (C=O) groups is 2.